The van der Waals surface area contributed by atoms with E-state index in [0.717, 1.165) is 5.56 Å². The zero-order chi connectivity index (χ0) is 14.4. The number of nitrogen functional groups attached to an aromatic ring is 1. The molecule has 1 heterocycles. The maximum absolute atomic E-state index is 12.2. The van der Waals surface area contributed by atoms with Crippen molar-refractivity contribution < 1.29 is 4.79 Å². The zero-order valence-corrected chi connectivity index (χ0v) is 11.6. The van der Waals surface area contributed by atoms with Crippen molar-refractivity contribution in [1.29, 1.82) is 5.26 Å². The number of nitrogens with zero attached hydrogens (tertiary/aromatic N) is 3. The van der Waals surface area contributed by atoms with Gasteiger partial charge in [-0.15, -0.1) is 11.3 Å². The smallest absolute Gasteiger partial charge is 0.229 e. The van der Waals surface area contributed by atoms with Gasteiger partial charge in [-0.05, 0) is 5.56 Å². The predicted octanol–water partition coefficient (Wildman–Crippen LogP) is 1.82. The Kier molecular flexibility index (Phi) is 4.69. The number of aromatic nitrogens is 1. The van der Waals surface area contributed by atoms with E-state index < -0.39 is 0 Å². The molecule has 0 spiro atoms. The van der Waals surface area contributed by atoms with Gasteiger partial charge in [0.1, 0.15) is 6.54 Å². The van der Waals surface area contributed by atoms with Gasteiger partial charge in [0.25, 0.3) is 0 Å². The van der Waals surface area contributed by atoms with Crippen molar-refractivity contribution in [2.75, 3.05) is 12.3 Å². The minimum atomic E-state index is -0.124. The number of nitrogens with two attached hydrogens (primary N) is 1. The first kappa shape index (κ1) is 14.0. The quantitative estimate of drug-likeness (QED) is 0.850. The Morgan fingerprint density at radius 1 is 1.40 bits per heavy atom. The van der Waals surface area contributed by atoms with Crippen LogP contribution in [0.2, 0.25) is 0 Å². The molecule has 20 heavy (non-hydrogen) atoms. The van der Waals surface area contributed by atoms with Crippen molar-refractivity contribution in [3.05, 3.63) is 47.0 Å². The fraction of sp³-hybridized carbons (Fsp3) is 0.214. The number of benzene rings is 1. The molecule has 2 rings (SSSR count). The second-order valence-electron chi connectivity index (χ2n) is 4.25. The highest BCUT2D eigenvalue weighted by atomic mass is 32.1. The molecular weight excluding hydrogens is 272 g/mol. The summed E-state index contributed by atoms with van der Waals surface area (Å²) in [6.07, 6.45) is 0.169. The molecule has 0 saturated heterocycles. The van der Waals surface area contributed by atoms with E-state index in [1.54, 1.807) is 5.38 Å². The van der Waals surface area contributed by atoms with Crippen LogP contribution in [0.25, 0.3) is 0 Å². The predicted molar refractivity (Wildman–Crippen MR) is 77.7 cm³/mol. The lowest BCUT2D eigenvalue weighted by Crippen LogP contribution is -2.32. The van der Waals surface area contributed by atoms with E-state index in [-0.39, 0.29) is 18.9 Å². The molecule has 2 N–H and O–H groups in total. The maximum atomic E-state index is 12.2. The molecule has 0 radical (unpaired) electrons. The average Bonchev–Trinajstić information content (AvgIpc) is 2.85. The van der Waals surface area contributed by atoms with Crippen LogP contribution < -0.4 is 5.73 Å². The van der Waals surface area contributed by atoms with Gasteiger partial charge in [-0.2, -0.15) is 5.26 Å². The van der Waals surface area contributed by atoms with Crippen LogP contribution in [0.15, 0.2) is 35.7 Å². The van der Waals surface area contributed by atoms with Crippen LogP contribution in [0.5, 0.6) is 0 Å². The lowest BCUT2D eigenvalue weighted by atomic mass is 10.2. The fourth-order valence-electron chi connectivity index (χ4n) is 1.79. The maximum Gasteiger partial charge on any atom is 0.229 e. The van der Waals surface area contributed by atoms with E-state index in [9.17, 15) is 4.79 Å². The number of rotatable bonds is 5. The van der Waals surface area contributed by atoms with Gasteiger partial charge in [0, 0.05) is 11.9 Å². The Morgan fingerprint density at radius 3 is 2.75 bits per heavy atom. The third-order valence-electron chi connectivity index (χ3n) is 2.73. The Morgan fingerprint density at radius 2 is 2.15 bits per heavy atom. The first-order valence-electron chi connectivity index (χ1n) is 6.07. The Hall–Kier alpha value is -2.39. The molecule has 0 saturated carbocycles. The monoisotopic (exact) mass is 286 g/mol. The molecule has 0 aliphatic carbocycles. The third-order valence-corrected chi connectivity index (χ3v) is 3.46. The number of carbonyl (C=O) groups excluding carboxylic acids is 1. The summed E-state index contributed by atoms with van der Waals surface area (Å²) in [7, 11) is 0. The molecular formula is C14H14N4OS. The summed E-state index contributed by atoms with van der Waals surface area (Å²) in [5.41, 5.74) is 7.18. The standard InChI is InChI=1S/C14H14N4OS/c15-6-7-18(9-11-4-2-1-3-5-11)13(19)8-12-10-20-14(16)17-12/h1-5,10H,7-9H2,(H2,16,17). The molecule has 0 unspecified atom stereocenters. The van der Waals surface area contributed by atoms with Gasteiger partial charge in [-0.1, -0.05) is 30.3 Å². The summed E-state index contributed by atoms with van der Waals surface area (Å²) in [5.74, 6) is -0.124. The van der Waals surface area contributed by atoms with E-state index in [1.807, 2.05) is 36.4 Å². The largest absolute Gasteiger partial charge is 0.375 e. The van der Waals surface area contributed by atoms with Gasteiger partial charge in [-0.25, -0.2) is 4.98 Å². The Labute approximate surface area is 121 Å². The van der Waals surface area contributed by atoms with Crippen molar-refractivity contribution in [2.45, 2.75) is 13.0 Å². The first-order chi connectivity index (χ1) is 9.69. The van der Waals surface area contributed by atoms with Crippen molar-refractivity contribution in [3.63, 3.8) is 0 Å². The number of nitriles is 1. The Balaban J connectivity index is 2.04. The summed E-state index contributed by atoms with van der Waals surface area (Å²) < 4.78 is 0. The molecule has 0 aliphatic rings. The SMILES string of the molecule is N#CCN(Cc1ccccc1)C(=O)Cc1csc(N)n1. The molecule has 1 aromatic heterocycles. The van der Waals surface area contributed by atoms with E-state index in [2.05, 4.69) is 4.98 Å². The van der Waals surface area contributed by atoms with Crippen LogP contribution in [-0.4, -0.2) is 22.3 Å². The molecule has 1 aromatic carbocycles. The van der Waals surface area contributed by atoms with Gasteiger partial charge in [-0.3, -0.25) is 4.79 Å². The number of hydrogen-bond acceptors (Lipinski definition) is 5. The van der Waals surface area contributed by atoms with Gasteiger partial charge < -0.3 is 10.6 Å². The van der Waals surface area contributed by atoms with Crippen molar-refractivity contribution in [1.82, 2.24) is 9.88 Å². The highest BCUT2D eigenvalue weighted by Gasteiger charge is 2.15. The minimum absolute atomic E-state index is 0.0628. The van der Waals surface area contributed by atoms with Crippen molar-refractivity contribution >= 4 is 22.4 Å². The molecule has 1 amide bonds. The van der Waals surface area contributed by atoms with Gasteiger partial charge in [0.05, 0.1) is 18.2 Å². The first-order valence-corrected chi connectivity index (χ1v) is 6.95. The number of thiazole rings is 1. The molecule has 0 bridgehead atoms. The van der Waals surface area contributed by atoms with E-state index >= 15 is 0 Å². The van der Waals surface area contributed by atoms with Gasteiger partial charge in [0.2, 0.25) is 5.91 Å². The zero-order valence-electron chi connectivity index (χ0n) is 10.8. The average molecular weight is 286 g/mol. The number of amides is 1. The molecule has 6 heteroatoms. The van der Waals surface area contributed by atoms with Crippen molar-refractivity contribution in [2.24, 2.45) is 0 Å². The van der Waals surface area contributed by atoms with Crippen molar-refractivity contribution in [3.8, 4) is 6.07 Å². The number of anilines is 1. The summed E-state index contributed by atoms with van der Waals surface area (Å²) >= 11 is 1.31. The van der Waals surface area contributed by atoms with Crippen LogP contribution >= 0.6 is 11.3 Å². The summed E-state index contributed by atoms with van der Waals surface area (Å²) in [4.78, 5) is 17.8. The van der Waals surface area contributed by atoms with Crippen LogP contribution in [0.3, 0.4) is 0 Å². The molecule has 0 aliphatic heterocycles. The Bertz CT molecular complexity index is 618. The van der Waals surface area contributed by atoms with E-state index in [4.69, 9.17) is 11.0 Å². The normalized spacial score (nSPS) is 9.95. The third kappa shape index (κ3) is 3.80. The molecule has 102 valence electrons. The summed E-state index contributed by atoms with van der Waals surface area (Å²) in [6, 6.07) is 11.6. The molecule has 0 atom stereocenters. The van der Waals surface area contributed by atoms with Gasteiger partial charge >= 0.3 is 0 Å². The fourth-order valence-corrected chi connectivity index (χ4v) is 2.35. The van der Waals surface area contributed by atoms with E-state index in [0.29, 0.717) is 17.4 Å². The molecule has 0 fully saturated rings. The van der Waals surface area contributed by atoms with Crippen LogP contribution in [0.1, 0.15) is 11.3 Å². The van der Waals surface area contributed by atoms with E-state index in [1.165, 1.54) is 16.2 Å². The number of carbonyl (C=O) groups is 1. The lowest BCUT2D eigenvalue weighted by molar-refractivity contribution is -0.130. The second-order valence-corrected chi connectivity index (χ2v) is 5.14. The van der Waals surface area contributed by atoms with Crippen LogP contribution in [0, 0.1) is 11.3 Å². The summed E-state index contributed by atoms with van der Waals surface area (Å²) in [5, 5.41) is 11.1. The second kappa shape index (κ2) is 6.68. The summed E-state index contributed by atoms with van der Waals surface area (Å²) in [6.45, 7) is 0.486. The minimum Gasteiger partial charge on any atom is -0.375 e. The molecule has 2 aromatic rings. The highest BCUT2D eigenvalue weighted by molar-refractivity contribution is 7.13. The highest BCUT2D eigenvalue weighted by Crippen LogP contribution is 2.13. The van der Waals surface area contributed by atoms with Crippen LogP contribution in [-0.2, 0) is 17.8 Å². The lowest BCUT2D eigenvalue weighted by Gasteiger charge is -2.19. The van der Waals surface area contributed by atoms with Crippen LogP contribution in [0.4, 0.5) is 5.13 Å². The topological polar surface area (TPSA) is 83.0 Å². The van der Waals surface area contributed by atoms with Gasteiger partial charge in [0.15, 0.2) is 5.13 Å². The number of hydrogen-bond donors (Lipinski definition) is 1. The molecule has 5 nitrogen and oxygen atoms in total.